The van der Waals surface area contributed by atoms with E-state index in [9.17, 15) is 27.6 Å². The number of allylic oxidation sites excluding steroid dienone is 4. The Morgan fingerprint density at radius 3 is 1.19 bits per heavy atom. The Hall–Kier alpha value is -3.95. The molecule has 0 N–H and O–H groups in total. The summed E-state index contributed by atoms with van der Waals surface area (Å²) in [6.07, 6.45) is 4.95. The second kappa shape index (κ2) is 10.8. The van der Waals surface area contributed by atoms with Gasteiger partial charge in [0.2, 0.25) is 0 Å². The average molecular weight is 530 g/mol. The zero-order valence-electron chi connectivity index (χ0n) is 18.5. The van der Waals surface area contributed by atoms with E-state index in [0.29, 0.717) is 0 Å². The summed E-state index contributed by atoms with van der Waals surface area (Å²) in [5, 5.41) is 0. The van der Waals surface area contributed by atoms with Gasteiger partial charge in [0.05, 0.1) is 0 Å². The van der Waals surface area contributed by atoms with E-state index < -0.39 is 53.1 Å². The van der Waals surface area contributed by atoms with Crippen LogP contribution in [0.1, 0.15) is 37.5 Å². The molecule has 1 aliphatic rings. The third-order valence-electron chi connectivity index (χ3n) is 5.09. The summed E-state index contributed by atoms with van der Waals surface area (Å²) >= 11 is -5.37. The van der Waals surface area contributed by atoms with Crippen molar-refractivity contribution < 1.29 is 55.3 Å². The molecule has 3 aromatic rings. The summed E-state index contributed by atoms with van der Waals surface area (Å²) in [4.78, 5) is 39.1. The Morgan fingerprint density at radius 2 is 0.917 bits per heavy atom. The fraction of sp³-hybridized carbons (Fsp3) is 0.0385. The first kappa shape index (κ1) is 25.2. The van der Waals surface area contributed by atoms with Gasteiger partial charge in [-0.1, -0.05) is 0 Å². The van der Waals surface area contributed by atoms with Crippen LogP contribution in [0.15, 0.2) is 94.9 Å². The van der Waals surface area contributed by atoms with Gasteiger partial charge in [-0.25, -0.2) is 0 Å². The third kappa shape index (κ3) is 5.81. The van der Waals surface area contributed by atoms with Crippen molar-refractivity contribution in [3.63, 3.8) is 0 Å². The molecular formula is C26H17F3O6Ti. The van der Waals surface area contributed by atoms with Crippen molar-refractivity contribution in [2.75, 3.05) is 0 Å². The molecule has 0 spiro atoms. The average Bonchev–Trinajstić information content (AvgIpc) is 3.41. The predicted octanol–water partition coefficient (Wildman–Crippen LogP) is 5.72. The van der Waals surface area contributed by atoms with E-state index in [1.165, 1.54) is 6.08 Å². The van der Waals surface area contributed by atoms with Crippen LogP contribution in [0.5, 0.6) is 0 Å². The van der Waals surface area contributed by atoms with Gasteiger partial charge in [-0.05, 0) is 0 Å². The maximum atomic E-state index is 13.4. The summed E-state index contributed by atoms with van der Waals surface area (Å²) < 4.78 is 57.3. The second-order valence-corrected chi connectivity index (χ2v) is 11.3. The van der Waals surface area contributed by atoms with Crippen molar-refractivity contribution in [1.82, 2.24) is 0 Å². The maximum absolute atomic E-state index is 13.4. The molecule has 36 heavy (non-hydrogen) atoms. The Balaban J connectivity index is 1.74. The topological polar surface area (TPSA) is 78.9 Å². The van der Waals surface area contributed by atoms with E-state index in [4.69, 9.17) is 9.96 Å². The second-order valence-electron chi connectivity index (χ2n) is 7.57. The summed E-state index contributed by atoms with van der Waals surface area (Å²) in [6, 6.07) is 13.2. The summed E-state index contributed by atoms with van der Waals surface area (Å²) in [5.74, 6) is -4.81. The van der Waals surface area contributed by atoms with E-state index in [2.05, 4.69) is 0 Å². The van der Waals surface area contributed by atoms with Gasteiger partial charge in [0, 0.05) is 0 Å². The van der Waals surface area contributed by atoms with E-state index in [-0.39, 0.29) is 27.0 Å². The molecule has 10 heteroatoms. The van der Waals surface area contributed by atoms with Gasteiger partial charge in [0.25, 0.3) is 0 Å². The fourth-order valence-corrected chi connectivity index (χ4v) is 6.78. The molecule has 1 aliphatic carbocycles. The number of hydrogen-bond donors (Lipinski definition) is 0. The molecule has 0 aliphatic heterocycles. The molecule has 4 rings (SSSR count). The molecule has 182 valence electrons. The van der Waals surface area contributed by atoms with Crippen molar-refractivity contribution >= 4 is 17.9 Å². The molecule has 0 bridgehead atoms. The third-order valence-corrected chi connectivity index (χ3v) is 9.02. The van der Waals surface area contributed by atoms with Gasteiger partial charge in [-0.15, -0.1) is 0 Å². The van der Waals surface area contributed by atoms with Crippen LogP contribution in [-0.4, -0.2) is 17.9 Å². The van der Waals surface area contributed by atoms with Crippen LogP contribution in [0.2, 0.25) is 0 Å². The van der Waals surface area contributed by atoms with Crippen LogP contribution in [0, 0.1) is 17.5 Å². The number of carbonyl (C=O) groups is 3. The van der Waals surface area contributed by atoms with Crippen LogP contribution in [0.25, 0.3) is 0 Å². The SMILES string of the molecule is O=C([O][Ti]([O]C(=O)c1ccc(F)cc1)([O]C(=O)c1ccc(F)cc1)[C]1=CC=CC1)c1ccc(F)cc1. The molecule has 0 amide bonds. The molecule has 0 saturated heterocycles. The van der Waals surface area contributed by atoms with Gasteiger partial charge < -0.3 is 0 Å². The molecule has 0 aromatic heterocycles. The van der Waals surface area contributed by atoms with E-state index in [1.54, 1.807) is 12.2 Å². The summed E-state index contributed by atoms with van der Waals surface area (Å²) in [5.41, 5.74) is -0.226. The van der Waals surface area contributed by atoms with Crippen molar-refractivity contribution in [2.24, 2.45) is 0 Å². The molecule has 0 atom stereocenters. The molecule has 3 aromatic carbocycles. The summed E-state index contributed by atoms with van der Waals surface area (Å²) in [6.45, 7) is 0. The quantitative estimate of drug-likeness (QED) is 0.364. The zero-order valence-corrected chi connectivity index (χ0v) is 20.0. The Morgan fingerprint density at radius 1 is 0.583 bits per heavy atom. The first-order valence-electron chi connectivity index (χ1n) is 10.6. The van der Waals surface area contributed by atoms with Crippen LogP contribution in [0.4, 0.5) is 13.2 Å². The van der Waals surface area contributed by atoms with Crippen LogP contribution >= 0.6 is 0 Å². The van der Waals surface area contributed by atoms with Crippen molar-refractivity contribution in [1.29, 1.82) is 0 Å². The first-order chi connectivity index (χ1) is 17.3. The minimum absolute atomic E-state index is 0.0754. The van der Waals surface area contributed by atoms with Crippen LogP contribution in [-0.2, 0) is 27.7 Å². The monoisotopic (exact) mass is 530 g/mol. The Bertz CT molecular complexity index is 1210. The minimum atomic E-state index is -5.37. The van der Waals surface area contributed by atoms with E-state index in [0.717, 1.165) is 72.8 Å². The van der Waals surface area contributed by atoms with Crippen molar-refractivity contribution in [3.8, 4) is 0 Å². The van der Waals surface area contributed by atoms with Gasteiger partial charge >= 0.3 is 209 Å². The number of carbonyl (C=O) groups excluding carboxylic acids is 3. The molecule has 0 heterocycles. The molecule has 0 fully saturated rings. The van der Waals surface area contributed by atoms with Crippen molar-refractivity contribution in [2.45, 2.75) is 6.42 Å². The van der Waals surface area contributed by atoms with Gasteiger partial charge in [-0.3, -0.25) is 0 Å². The van der Waals surface area contributed by atoms with E-state index >= 15 is 0 Å². The molecule has 6 nitrogen and oxygen atoms in total. The van der Waals surface area contributed by atoms with Gasteiger partial charge in [0.15, 0.2) is 0 Å². The first-order valence-corrected chi connectivity index (χ1v) is 13.3. The Labute approximate surface area is 208 Å². The number of benzene rings is 3. The number of rotatable bonds is 7. The normalized spacial score (nSPS) is 12.6. The summed E-state index contributed by atoms with van der Waals surface area (Å²) in [7, 11) is 0. The zero-order chi connectivity index (χ0) is 25.7. The molecular weight excluding hydrogens is 513 g/mol. The fourth-order valence-electron chi connectivity index (χ4n) is 3.23. The molecule has 0 radical (unpaired) electrons. The molecule has 0 saturated carbocycles. The number of halogens is 3. The standard InChI is InChI=1S/3C7H5FO2.C5H5.Ti/c3*8-6-3-1-5(2-4-6)7(9)10;1-2-4-5-3-1;/h3*1-4H,(H,9,10);1-3H,4H2;/q;;;;+3/p-3. The van der Waals surface area contributed by atoms with Crippen molar-refractivity contribution in [3.05, 3.63) is 129 Å². The van der Waals surface area contributed by atoms with Gasteiger partial charge in [0.1, 0.15) is 0 Å². The van der Waals surface area contributed by atoms with Crippen LogP contribution in [0.3, 0.4) is 0 Å². The Kier molecular flexibility index (Phi) is 7.52. The molecule has 0 unspecified atom stereocenters. The van der Waals surface area contributed by atoms with E-state index in [1.807, 2.05) is 0 Å². The predicted molar refractivity (Wildman–Crippen MR) is 117 cm³/mol. The van der Waals surface area contributed by atoms with Crippen LogP contribution < -0.4 is 0 Å². The number of hydrogen-bond acceptors (Lipinski definition) is 6. The van der Waals surface area contributed by atoms with Gasteiger partial charge in [-0.2, -0.15) is 0 Å².